The molecule has 0 unspecified atom stereocenters. The number of alkyl halides is 3. The van der Waals surface area contributed by atoms with Crippen molar-refractivity contribution in [1.29, 1.82) is 0 Å². The number of aromatic nitrogens is 5. The van der Waals surface area contributed by atoms with E-state index in [9.17, 15) is 17.6 Å². The summed E-state index contributed by atoms with van der Waals surface area (Å²) in [5, 5.41) is 5.28. The van der Waals surface area contributed by atoms with Crippen LogP contribution in [0.2, 0.25) is 0 Å². The van der Waals surface area contributed by atoms with Crippen molar-refractivity contribution in [2.45, 2.75) is 25.1 Å². The van der Waals surface area contributed by atoms with Crippen molar-refractivity contribution in [3.63, 3.8) is 0 Å². The molecule has 39 heavy (non-hydrogen) atoms. The van der Waals surface area contributed by atoms with Crippen LogP contribution in [0.15, 0.2) is 73.4 Å². The summed E-state index contributed by atoms with van der Waals surface area (Å²) in [4.78, 5) is 15.4. The summed E-state index contributed by atoms with van der Waals surface area (Å²) in [6.07, 6.45) is 6.23. The van der Waals surface area contributed by atoms with E-state index in [4.69, 9.17) is 0 Å². The second-order valence-corrected chi connectivity index (χ2v) is 9.83. The van der Waals surface area contributed by atoms with Gasteiger partial charge in [0.05, 0.1) is 23.5 Å². The van der Waals surface area contributed by atoms with Crippen molar-refractivity contribution >= 4 is 11.0 Å². The van der Waals surface area contributed by atoms with Crippen LogP contribution in [0.25, 0.3) is 44.5 Å². The van der Waals surface area contributed by atoms with Crippen molar-refractivity contribution < 1.29 is 17.6 Å². The fourth-order valence-electron chi connectivity index (χ4n) is 5.02. The highest BCUT2D eigenvalue weighted by atomic mass is 19.4. The van der Waals surface area contributed by atoms with E-state index in [1.54, 1.807) is 24.5 Å². The molecule has 0 spiro atoms. The third kappa shape index (κ3) is 4.99. The zero-order chi connectivity index (χ0) is 27.1. The first-order chi connectivity index (χ1) is 18.8. The molecular weight excluding hydrogens is 508 g/mol. The standard InChI is InChI=1S/C29H24F4N6/c1-38-9-6-22(7-10-38)39-17-20(16-36-39)18-11-19(15-34-14-18)24-13-27(37-28-23(24)3-2-8-35-28)25-12-21(29(31,32)33)4-5-26(25)30/h2-5,8,11-17,22H,6-7,9-10H2,1H3. The van der Waals surface area contributed by atoms with E-state index in [-0.39, 0.29) is 11.3 Å². The van der Waals surface area contributed by atoms with Crippen LogP contribution in [0.5, 0.6) is 0 Å². The van der Waals surface area contributed by atoms with E-state index in [0.717, 1.165) is 55.3 Å². The van der Waals surface area contributed by atoms with E-state index >= 15 is 0 Å². The van der Waals surface area contributed by atoms with Gasteiger partial charge in [-0.1, -0.05) is 0 Å². The Hall–Kier alpha value is -4.18. The molecule has 0 radical (unpaired) electrons. The molecule has 4 aromatic heterocycles. The van der Waals surface area contributed by atoms with Gasteiger partial charge in [-0.05, 0) is 81.0 Å². The Morgan fingerprint density at radius 2 is 1.69 bits per heavy atom. The fourth-order valence-corrected chi connectivity index (χ4v) is 5.02. The Morgan fingerprint density at radius 3 is 2.49 bits per heavy atom. The molecule has 0 saturated carbocycles. The number of likely N-dealkylation sites (tertiary alicyclic amines) is 1. The monoisotopic (exact) mass is 532 g/mol. The number of nitrogens with zero attached hydrogens (tertiary/aromatic N) is 6. The Labute approximate surface area is 222 Å². The molecule has 1 fully saturated rings. The van der Waals surface area contributed by atoms with Crippen LogP contribution < -0.4 is 0 Å². The van der Waals surface area contributed by atoms with Gasteiger partial charge >= 0.3 is 6.18 Å². The van der Waals surface area contributed by atoms with Crippen LogP contribution in [0.1, 0.15) is 24.4 Å². The van der Waals surface area contributed by atoms with Crippen molar-refractivity contribution in [3.8, 4) is 33.5 Å². The normalized spacial score (nSPS) is 15.2. The van der Waals surface area contributed by atoms with Crippen LogP contribution >= 0.6 is 0 Å². The second-order valence-electron chi connectivity index (χ2n) is 9.83. The van der Waals surface area contributed by atoms with Gasteiger partial charge < -0.3 is 4.90 Å². The van der Waals surface area contributed by atoms with E-state index in [2.05, 4.69) is 32.0 Å². The molecule has 1 aromatic carbocycles. The van der Waals surface area contributed by atoms with E-state index in [1.807, 2.05) is 29.2 Å². The maximum absolute atomic E-state index is 14.8. The van der Waals surface area contributed by atoms with Gasteiger partial charge in [0.25, 0.3) is 0 Å². The highest BCUT2D eigenvalue weighted by Gasteiger charge is 2.31. The highest BCUT2D eigenvalue weighted by Crippen LogP contribution is 2.37. The summed E-state index contributed by atoms with van der Waals surface area (Å²) in [6, 6.07) is 9.75. The molecule has 6 nitrogen and oxygen atoms in total. The molecule has 0 aliphatic carbocycles. The summed E-state index contributed by atoms with van der Waals surface area (Å²) in [5.74, 6) is -0.801. The maximum Gasteiger partial charge on any atom is 0.416 e. The lowest BCUT2D eigenvalue weighted by Crippen LogP contribution is -2.31. The number of rotatable bonds is 4. The molecule has 198 valence electrons. The van der Waals surface area contributed by atoms with Crippen LogP contribution in [0.4, 0.5) is 17.6 Å². The van der Waals surface area contributed by atoms with E-state index < -0.39 is 17.6 Å². The largest absolute Gasteiger partial charge is 0.416 e. The lowest BCUT2D eigenvalue weighted by Gasteiger charge is -2.28. The zero-order valence-corrected chi connectivity index (χ0v) is 21.0. The average molecular weight is 533 g/mol. The number of hydrogen-bond donors (Lipinski definition) is 0. The highest BCUT2D eigenvalue weighted by molar-refractivity contribution is 5.95. The first-order valence-corrected chi connectivity index (χ1v) is 12.6. The molecule has 0 amide bonds. The first-order valence-electron chi connectivity index (χ1n) is 12.6. The van der Waals surface area contributed by atoms with Crippen LogP contribution in [-0.4, -0.2) is 49.8 Å². The number of piperidine rings is 1. The Balaban J connectivity index is 1.42. The molecular formula is C29H24F4N6. The van der Waals surface area contributed by atoms with Gasteiger partial charge in [-0.25, -0.2) is 14.4 Å². The smallest absolute Gasteiger partial charge is 0.306 e. The van der Waals surface area contributed by atoms with Gasteiger partial charge in [0, 0.05) is 52.4 Å². The van der Waals surface area contributed by atoms with Gasteiger partial charge in [-0.2, -0.15) is 18.3 Å². The zero-order valence-electron chi connectivity index (χ0n) is 21.0. The predicted molar refractivity (Wildman–Crippen MR) is 140 cm³/mol. The maximum atomic E-state index is 14.8. The Kier molecular flexibility index (Phi) is 6.34. The minimum atomic E-state index is -4.61. The first kappa shape index (κ1) is 25.1. The minimum absolute atomic E-state index is 0.0558. The Morgan fingerprint density at radius 1 is 0.897 bits per heavy atom. The topological polar surface area (TPSA) is 59.7 Å². The molecule has 6 rings (SSSR count). The average Bonchev–Trinajstić information content (AvgIpc) is 3.43. The molecule has 10 heteroatoms. The fraction of sp³-hybridized carbons (Fsp3) is 0.241. The van der Waals surface area contributed by atoms with Crippen molar-refractivity contribution in [2.75, 3.05) is 20.1 Å². The van der Waals surface area contributed by atoms with Gasteiger partial charge in [-0.15, -0.1) is 0 Å². The summed E-state index contributed by atoms with van der Waals surface area (Å²) in [7, 11) is 2.12. The van der Waals surface area contributed by atoms with Gasteiger partial charge in [0.1, 0.15) is 5.82 Å². The molecule has 0 N–H and O–H groups in total. The van der Waals surface area contributed by atoms with Gasteiger partial charge in [0.15, 0.2) is 5.65 Å². The third-order valence-corrected chi connectivity index (χ3v) is 7.20. The third-order valence-electron chi connectivity index (χ3n) is 7.20. The quantitative estimate of drug-likeness (QED) is 0.243. The number of benzene rings is 1. The molecule has 0 bridgehead atoms. The molecule has 0 atom stereocenters. The number of pyridine rings is 3. The summed E-state index contributed by atoms with van der Waals surface area (Å²) < 4.78 is 56.9. The van der Waals surface area contributed by atoms with Crippen molar-refractivity contribution in [3.05, 3.63) is 84.8 Å². The molecule has 1 aliphatic rings. The van der Waals surface area contributed by atoms with Crippen LogP contribution in [-0.2, 0) is 6.18 Å². The van der Waals surface area contributed by atoms with Crippen LogP contribution in [0.3, 0.4) is 0 Å². The molecule has 5 heterocycles. The van der Waals surface area contributed by atoms with E-state index in [0.29, 0.717) is 28.2 Å². The SMILES string of the molecule is CN1CCC(n2cc(-c3cncc(-c4cc(-c5cc(C(F)(F)F)ccc5F)nc5ncccc45)c3)cn2)CC1. The van der Waals surface area contributed by atoms with E-state index in [1.165, 1.54) is 6.20 Å². The predicted octanol–water partition coefficient (Wildman–Crippen LogP) is 6.65. The number of halogens is 4. The van der Waals surface area contributed by atoms with Crippen LogP contribution in [0, 0.1) is 5.82 Å². The summed E-state index contributed by atoms with van der Waals surface area (Å²) >= 11 is 0. The Bertz CT molecular complexity index is 1650. The van der Waals surface area contributed by atoms with Gasteiger partial charge in [-0.3, -0.25) is 9.67 Å². The second kappa shape index (κ2) is 9.85. The number of hydrogen-bond acceptors (Lipinski definition) is 5. The molecule has 1 saturated heterocycles. The molecule has 5 aromatic rings. The lowest BCUT2D eigenvalue weighted by atomic mass is 9.98. The van der Waals surface area contributed by atoms with Crippen molar-refractivity contribution in [2.24, 2.45) is 0 Å². The lowest BCUT2D eigenvalue weighted by molar-refractivity contribution is -0.137. The number of fused-ring (bicyclic) bond motifs is 1. The minimum Gasteiger partial charge on any atom is -0.306 e. The summed E-state index contributed by atoms with van der Waals surface area (Å²) in [5.41, 5.74) is 2.24. The van der Waals surface area contributed by atoms with Gasteiger partial charge in [0.2, 0.25) is 0 Å². The van der Waals surface area contributed by atoms with Crippen molar-refractivity contribution in [1.82, 2.24) is 29.6 Å². The summed E-state index contributed by atoms with van der Waals surface area (Å²) in [6.45, 7) is 2.05. The molecule has 1 aliphatic heterocycles.